The van der Waals surface area contributed by atoms with Crippen LogP contribution in [0.25, 0.3) is 0 Å². The average molecular weight is 206 g/mol. The summed E-state index contributed by atoms with van der Waals surface area (Å²) in [4.78, 5) is 15.6. The Kier molecular flexibility index (Phi) is 2.97. The van der Waals surface area contributed by atoms with E-state index < -0.39 is 0 Å². The molecular weight excluding hydrogens is 192 g/mol. The third kappa shape index (κ3) is 2.15. The van der Waals surface area contributed by atoms with Crippen LogP contribution in [0, 0.1) is 0 Å². The van der Waals surface area contributed by atoms with Crippen LogP contribution in [0.5, 0.6) is 0 Å². The molecule has 1 saturated heterocycles. The van der Waals surface area contributed by atoms with Gasteiger partial charge in [-0.25, -0.2) is 0 Å². The number of rotatable bonds is 2. The van der Waals surface area contributed by atoms with Crippen LogP contribution in [0.15, 0.2) is 24.4 Å². The summed E-state index contributed by atoms with van der Waals surface area (Å²) >= 11 is 0. The zero-order valence-electron chi connectivity index (χ0n) is 8.64. The van der Waals surface area contributed by atoms with Crippen molar-refractivity contribution in [3.05, 3.63) is 30.1 Å². The van der Waals surface area contributed by atoms with Crippen molar-refractivity contribution in [2.24, 2.45) is 0 Å². The highest BCUT2D eigenvalue weighted by Crippen LogP contribution is 2.25. The van der Waals surface area contributed by atoms with Crippen molar-refractivity contribution in [2.45, 2.75) is 24.9 Å². The second-order valence-corrected chi connectivity index (χ2v) is 3.63. The molecule has 80 valence electrons. The van der Waals surface area contributed by atoms with Crippen molar-refractivity contribution in [1.29, 1.82) is 0 Å². The van der Waals surface area contributed by atoms with Crippen LogP contribution in [-0.2, 0) is 9.53 Å². The summed E-state index contributed by atoms with van der Waals surface area (Å²) in [5.74, 6) is -0.187. The minimum atomic E-state index is -0.187. The first-order valence-corrected chi connectivity index (χ1v) is 5.06. The van der Waals surface area contributed by atoms with Crippen LogP contribution in [0.4, 0.5) is 0 Å². The summed E-state index contributed by atoms with van der Waals surface area (Å²) in [6.07, 6.45) is 3.51. The maximum Gasteiger partial charge on any atom is 0.322 e. The predicted molar refractivity (Wildman–Crippen MR) is 55.2 cm³/mol. The molecule has 2 heterocycles. The number of esters is 1. The third-order valence-corrected chi connectivity index (χ3v) is 2.68. The van der Waals surface area contributed by atoms with E-state index in [1.165, 1.54) is 7.11 Å². The average Bonchev–Trinajstić information content (AvgIpc) is 2.78. The lowest BCUT2D eigenvalue weighted by atomic mass is 10.1. The maximum atomic E-state index is 11.3. The van der Waals surface area contributed by atoms with Gasteiger partial charge in [0.25, 0.3) is 0 Å². The Labute approximate surface area is 88.7 Å². The molecule has 0 aliphatic carbocycles. The van der Waals surface area contributed by atoms with E-state index in [1.54, 1.807) is 6.20 Å². The van der Waals surface area contributed by atoms with Gasteiger partial charge in [-0.1, -0.05) is 6.07 Å². The summed E-state index contributed by atoms with van der Waals surface area (Å²) in [7, 11) is 1.41. The predicted octanol–water partition coefficient (Wildman–Crippen LogP) is 1.05. The monoisotopic (exact) mass is 206 g/mol. The Morgan fingerprint density at radius 3 is 3.07 bits per heavy atom. The number of nitrogens with one attached hydrogen (secondary N) is 1. The molecule has 0 aromatic carbocycles. The molecule has 1 N–H and O–H groups in total. The molecule has 0 bridgehead atoms. The highest BCUT2D eigenvalue weighted by atomic mass is 16.5. The molecule has 0 spiro atoms. The Bertz CT molecular complexity index is 340. The third-order valence-electron chi connectivity index (χ3n) is 2.68. The molecule has 2 unspecified atom stereocenters. The second kappa shape index (κ2) is 4.40. The zero-order valence-corrected chi connectivity index (χ0v) is 8.64. The normalized spacial score (nSPS) is 25.1. The first-order valence-electron chi connectivity index (χ1n) is 5.06. The number of pyridine rings is 1. The largest absolute Gasteiger partial charge is 0.468 e. The molecule has 0 saturated carbocycles. The first kappa shape index (κ1) is 10.1. The molecule has 4 heteroatoms. The minimum Gasteiger partial charge on any atom is -0.468 e. The van der Waals surface area contributed by atoms with Crippen molar-refractivity contribution in [3.8, 4) is 0 Å². The Morgan fingerprint density at radius 2 is 2.40 bits per heavy atom. The van der Waals surface area contributed by atoms with Crippen LogP contribution < -0.4 is 5.32 Å². The van der Waals surface area contributed by atoms with E-state index in [0.717, 1.165) is 18.5 Å². The second-order valence-electron chi connectivity index (χ2n) is 3.63. The first-order chi connectivity index (χ1) is 7.31. The van der Waals surface area contributed by atoms with E-state index in [4.69, 9.17) is 4.74 Å². The van der Waals surface area contributed by atoms with E-state index in [1.807, 2.05) is 18.2 Å². The smallest absolute Gasteiger partial charge is 0.322 e. The Balaban J connectivity index is 2.02. The lowest BCUT2D eigenvalue weighted by molar-refractivity contribution is -0.142. The van der Waals surface area contributed by atoms with Gasteiger partial charge < -0.3 is 4.74 Å². The molecule has 0 radical (unpaired) electrons. The van der Waals surface area contributed by atoms with Crippen molar-refractivity contribution in [1.82, 2.24) is 10.3 Å². The molecule has 2 rings (SSSR count). The molecule has 15 heavy (non-hydrogen) atoms. The number of carbonyl (C=O) groups excluding carboxylic acids is 1. The number of hydrogen-bond donors (Lipinski definition) is 1. The molecule has 1 aromatic heterocycles. The topological polar surface area (TPSA) is 51.2 Å². The lowest BCUT2D eigenvalue weighted by Crippen LogP contribution is -2.33. The molecule has 0 amide bonds. The highest BCUT2D eigenvalue weighted by molar-refractivity contribution is 5.76. The van der Waals surface area contributed by atoms with Crippen LogP contribution >= 0.6 is 0 Å². The maximum absolute atomic E-state index is 11.3. The van der Waals surface area contributed by atoms with Crippen molar-refractivity contribution >= 4 is 5.97 Å². The van der Waals surface area contributed by atoms with Gasteiger partial charge in [0.15, 0.2) is 0 Å². The van der Waals surface area contributed by atoms with Crippen LogP contribution in [0.2, 0.25) is 0 Å². The Hall–Kier alpha value is -1.42. The van der Waals surface area contributed by atoms with Gasteiger partial charge in [0.1, 0.15) is 6.04 Å². The van der Waals surface area contributed by atoms with Gasteiger partial charge in [0, 0.05) is 6.20 Å². The molecule has 1 fully saturated rings. The summed E-state index contributed by atoms with van der Waals surface area (Å²) in [6, 6.07) is 5.81. The number of aromatic nitrogens is 1. The van der Waals surface area contributed by atoms with Gasteiger partial charge >= 0.3 is 5.97 Å². The molecule has 1 aromatic rings. The fourth-order valence-corrected chi connectivity index (χ4v) is 1.89. The van der Waals surface area contributed by atoms with Crippen molar-refractivity contribution in [2.75, 3.05) is 7.11 Å². The van der Waals surface area contributed by atoms with Crippen LogP contribution in [0.1, 0.15) is 24.6 Å². The molecule has 2 atom stereocenters. The quantitative estimate of drug-likeness (QED) is 0.735. The number of methoxy groups -OCH3 is 1. The minimum absolute atomic E-state index is 0.176. The van der Waals surface area contributed by atoms with E-state index in [-0.39, 0.29) is 18.1 Å². The Morgan fingerprint density at radius 1 is 1.53 bits per heavy atom. The van der Waals surface area contributed by atoms with Gasteiger partial charge in [-0.05, 0) is 25.0 Å². The fraction of sp³-hybridized carbons (Fsp3) is 0.455. The summed E-state index contributed by atoms with van der Waals surface area (Å²) in [5, 5.41) is 3.22. The SMILES string of the molecule is COC(=O)C1CCC(c2ccccn2)N1. The van der Waals surface area contributed by atoms with E-state index in [0.29, 0.717) is 0 Å². The van der Waals surface area contributed by atoms with Gasteiger partial charge in [0.2, 0.25) is 0 Å². The number of hydrogen-bond acceptors (Lipinski definition) is 4. The number of carbonyl (C=O) groups is 1. The van der Waals surface area contributed by atoms with E-state index in [9.17, 15) is 4.79 Å². The van der Waals surface area contributed by atoms with Gasteiger partial charge in [-0.3, -0.25) is 15.1 Å². The van der Waals surface area contributed by atoms with Gasteiger partial charge in [-0.15, -0.1) is 0 Å². The zero-order chi connectivity index (χ0) is 10.7. The number of nitrogens with zero attached hydrogens (tertiary/aromatic N) is 1. The van der Waals surface area contributed by atoms with Crippen LogP contribution in [0.3, 0.4) is 0 Å². The van der Waals surface area contributed by atoms with E-state index >= 15 is 0 Å². The summed E-state index contributed by atoms with van der Waals surface area (Å²) < 4.78 is 4.70. The molecule has 1 aliphatic rings. The standard InChI is InChI=1S/C11H14N2O2/c1-15-11(14)10-6-5-9(13-10)8-4-2-3-7-12-8/h2-4,7,9-10,13H,5-6H2,1H3. The highest BCUT2D eigenvalue weighted by Gasteiger charge is 2.30. The van der Waals surface area contributed by atoms with Crippen molar-refractivity contribution < 1.29 is 9.53 Å². The molecule has 4 nitrogen and oxygen atoms in total. The van der Waals surface area contributed by atoms with Crippen molar-refractivity contribution in [3.63, 3.8) is 0 Å². The van der Waals surface area contributed by atoms with E-state index in [2.05, 4.69) is 10.3 Å². The molecule has 1 aliphatic heterocycles. The van der Waals surface area contributed by atoms with Gasteiger partial charge in [0.05, 0.1) is 18.8 Å². The van der Waals surface area contributed by atoms with Gasteiger partial charge in [-0.2, -0.15) is 0 Å². The fourth-order valence-electron chi connectivity index (χ4n) is 1.89. The molecular formula is C11H14N2O2. The summed E-state index contributed by atoms with van der Waals surface area (Å²) in [6.45, 7) is 0. The lowest BCUT2D eigenvalue weighted by Gasteiger charge is -2.11. The van der Waals surface area contributed by atoms with Crippen LogP contribution in [-0.4, -0.2) is 24.1 Å². The number of ether oxygens (including phenoxy) is 1. The summed E-state index contributed by atoms with van der Waals surface area (Å²) in [5.41, 5.74) is 0.990.